The van der Waals surface area contributed by atoms with E-state index in [0.717, 1.165) is 5.56 Å². The molecule has 0 bridgehead atoms. The minimum atomic E-state index is -2.50. The fraction of sp³-hybridized carbons (Fsp3) is 0.500. The van der Waals surface area contributed by atoms with E-state index < -0.39 is 28.8 Å². The van der Waals surface area contributed by atoms with Crippen LogP contribution >= 0.6 is 0 Å². The van der Waals surface area contributed by atoms with Gasteiger partial charge in [0.1, 0.15) is 17.2 Å². The van der Waals surface area contributed by atoms with Crippen molar-refractivity contribution in [3.8, 4) is 11.3 Å². The second-order valence-corrected chi connectivity index (χ2v) is 12.4. The molecule has 12 nitrogen and oxygen atoms in total. The fourth-order valence-corrected chi connectivity index (χ4v) is 5.47. The molecule has 0 spiro atoms. The zero-order chi connectivity index (χ0) is 32.0. The number of hydrogen-bond acceptors (Lipinski definition) is 10. The predicted molar refractivity (Wildman–Crippen MR) is 161 cm³/mol. The second kappa shape index (κ2) is 14.6. The van der Waals surface area contributed by atoms with E-state index in [-0.39, 0.29) is 36.0 Å². The van der Waals surface area contributed by atoms with E-state index >= 15 is 0 Å². The summed E-state index contributed by atoms with van der Waals surface area (Å²) in [4.78, 5) is 36.9. The first-order valence-corrected chi connectivity index (χ1v) is 15.6. The summed E-state index contributed by atoms with van der Waals surface area (Å²) in [6, 6.07) is 7.43. The van der Waals surface area contributed by atoms with E-state index in [1.807, 2.05) is 13.0 Å². The SMILES string of the molecule is CCc1cc2c(C(=O)NC)c(-c3ccc(F)cc3)oc2nc1CN(CCCN1CCN(OC(=O)OC(C)(C)C)CC1)S(=O)[O-]. The number of rotatable bonds is 11. The number of nitrogens with zero attached hydrogens (tertiary/aromatic N) is 4. The Kier molecular flexibility index (Phi) is 11.1. The quantitative estimate of drug-likeness (QED) is 0.243. The smallest absolute Gasteiger partial charge is 0.528 e. The van der Waals surface area contributed by atoms with Gasteiger partial charge in [0.25, 0.3) is 5.91 Å². The number of aromatic nitrogens is 1. The van der Waals surface area contributed by atoms with Crippen LogP contribution in [0.4, 0.5) is 9.18 Å². The van der Waals surface area contributed by atoms with Crippen LogP contribution in [0.2, 0.25) is 0 Å². The monoisotopic (exact) mass is 632 g/mol. The number of aryl methyl sites for hydroxylation is 1. The number of nitrogens with one attached hydrogen (secondary N) is 1. The normalized spacial score (nSPS) is 15.5. The van der Waals surface area contributed by atoms with E-state index in [1.54, 1.807) is 25.8 Å². The van der Waals surface area contributed by atoms with Gasteiger partial charge in [0, 0.05) is 56.6 Å². The number of piperazine rings is 1. The van der Waals surface area contributed by atoms with Gasteiger partial charge in [0.05, 0.1) is 23.2 Å². The molecular formula is C30H39FN5O7S-. The molecule has 1 atom stereocenters. The topological polar surface area (TPSA) is 141 Å². The van der Waals surface area contributed by atoms with Gasteiger partial charge in [0.2, 0.25) is 5.71 Å². The third kappa shape index (κ3) is 8.60. The standard InChI is InChI=1S/C30H40FN5O7S/c1-6-20-18-23-25(27(37)32-5)26(21-8-10-22(31)11-9-21)41-28(23)33-24(20)19-36(44(39)40)13-7-12-34-14-16-35(17-15-34)43-29(38)42-30(2,3)4/h8-11,18H,6-7,12-17,19H2,1-5H3,(H,32,37)(H,39,40)/p-1. The van der Waals surface area contributed by atoms with Crippen molar-refractivity contribution < 1.29 is 36.7 Å². The minimum Gasteiger partial charge on any atom is -0.760 e. The maximum Gasteiger partial charge on any atom is 0.528 e. The number of ether oxygens (including phenoxy) is 1. The Morgan fingerprint density at radius 2 is 1.86 bits per heavy atom. The van der Waals surface area contributed by atoms with Gasteiger partial charge in [-0.25, -0.2) is 18.5 Å². The number of amides is 1. The highest BCUT2D eigenvalue weighted by Crippen LogP contribution is 2.34. The first-order chi connectivity index (χ1) is 20.9. The van der Waals surface area contributed by atoms with Gasteiger partial charge in [0.15, 0.2) is 0 Å². The van der Waals surface area contributed by atoms with Gasteiger partial charge in [-0.15, -0.1) is 5.06 Å². The number of benzene rings is 1. The molecule has 0 aliphatic carbocycles. The van der Waals surface area contributed by atoms with Crippen LogP contribution in [0, 0.1) is 5.82 Å². The third-order valence-electron chi connectivity index (χ3n) is 7.14. The molecule has 14 heteroatoms. The maximum atomic E-state index is 13.6. The van der Waals surface area contributed by atoms with Crippen molar-refractivity contribution in [3.63, 3.8) is 0 Å². The number of carbonyl (C=O) groups excluding carboxylic acids is 2. The molecule has 1 unspecified atom stereocenters. The molecule has 3 aromatic rings. The molecule has 240 valence electrons. The van der Waals surface area contributed by atoms with Crippen LogP contribution in [0.15, 0.2) is 34.7 Å². The molecular weight excluding hydrogens is 593 g/mol. The van der Waals surface area contributed by atoms with Crippen LogP contribution < -0.4 is 5.32 Å². The molecule has 44 heavy (non-hydrogen) atoms. The van der Waals surface area contributed by atoms with Crippen LogP contribution in [-0.2, 0) is 33.8 Å². The molecule has 2 aromatic heterocycles. The zero-order valence-electron chi connectivity index (χ0n) is 25.7. The largest absolute Gasteiger partial charge is 0.760 e. The molecule has 1 aliphatic heterocycles. The van der Waals surface area contributed by atoms with Crippen LogP contribution in [0.3, 0.4) is 0 Å². The maximum absolute atomic E-state index is 13.6. The molecule has 0 radical (unpaired) electrons. The number of hydroxylamine groups is 2. The Morgan fingerprint density at radius 1 is 1.18 bits per heavy atom. The van der Waals surface area contributed by atoms with Crippen molar-refractivity contribution in [3.05, 3.63) is 53.0 Å². The Bertz CT molecular complexity index is 1480. The molecule has 1 fully saturated rings. The lowest BCUT2D eigenvalue weighted by Gasteiger charge is -2.34. The number of carbonyl (C=O) groups is 2. The number of halogens is 1. The molecule has 1 amide bonds. The highest BCUT2D eigenvalue weighted by atomic mass is 32.2. The molecule has 1 N–H and O–H groups in total. The summed E-state index contributed by atoms with van der Waals surface area (Å²) in [7, 11) is 1.51. The fourth-order valence-electron chi connectivity index (χ4n) is 4.96. The predicted octanol–water partition coefficient (Wildman–Crippen LogP) is 4.03. The first-order valence-electron chi connectivity index (χ1n) is 14.5. The van der Waals surface area contributed by atoms with Gasteiger partial charge >= 0.3 is 6.16 Å². The molecule has 4 rings (SSSR count). The van der Waals surface area contributed by atoms with Crippen molar-refractivity contribution in [2.24, 2.45) is 0 Å². The summed E-state index contributed by atoms with van der Waals surface area (Å²) in [5.74, 6) is -0.536. The van der Waals surface area contributed by atoms with Crippen molar-refractivity contribution in [1.82, 2.24) is 24.6 Å². The van der Waals surface area contributed by atoms with E-state index in [0.29, 0.717) is 62.2 Å². The molecule has 0 saturated carbocycles. The van der Waals surface area contributed by atoms with Gasteiger partial charge in [-0.05, 0) is 76.1 Å². The molecule has 1 aromatic carbocycles. The molecule has 1 saturated heterocycles. The minimum absolute atomic E-state index is 0.0363. The zero-order valence-corrected chi connectivity index (χ0v) is 26.5. The van der Waals surface area contributed by atoms with Crippen LogP contribution in [-0.4, -0.2) is 92.0 Å². The van der Waals surface area contributed by atoms with Crippen molar-refractivity contribution >= 4 is 34.4 Å². The average Bonchev–Trinajstić information content (AvgIpc) is 3.34. The lowest BCUT2D eigenvalue weighted by Crippen LogP contribution is -2.47. The number of pyridine rings is 1. The molecule has 3 heterocycles. The molecule has 1 aliphatic rings. The summed E-state index contributed by atoms with van der Waals surface area (Å²) in [6.07, 6.45) is 0.405. The highest BCUT2D eigenvalue weighted by molar-refractivity contribution is 7.76. The van der Waals surface area contributed by atoms with Gasteiger partial charge < -0.3 is 28.8 Å². The van der Waals surface area contributed by atoms with E-state index in [9.17, 15) is 22.7 Å². The Hall–Kier alpha value is -3.43. The van der Waals surface area contributed by atoms with E-state index in [1.165, 1.54) is 35.6 Å². The van der Waals surface area contributed by atoms with Crippen LogP contribution in [0.5, 0.6) is 0 Å². The number of fused-ring (bicyclic) bond motifs is 1. The second-order valence-electron chi connectivity index (χ2n) is 11.5. The number of hydrogen-bond donors (Lipinski definition) is 1. The van der Waals surface area contributed by atoms with Crippen LogP contribution in [0.25, 0.3) is 22.4 Å². The summed E-state index contributed by atoms with van der Waals surface area (Å²) in [5, 5.41) is 4.69. The third-order valence-corrected chi connectivity index (χ3v) is 7.87. The Morgan fingerprint density at radius 3 is 2.45 bits per heavy atom. The van der Waals surface area contributed by atoms with Crippen molar-refractivity contribution in [1.29, 1.82) is 0 Å². The van der Waals surface area contributed by atoms with Crippen molar-refractivity contribution in [2.75, 3.05) is 46.3 Å². The van der Waals surface area contributed by atoms with Crippen molar-refractivity contribution in [2.45, 2.75) is 52.7 Å². The summed E-state index contributed by atoms with van der Waals surface area (Å²) in [5.41, 5.74) is 1.67. The number of furan rings is 1. The van der Waals surface area contributed by atoms with E-state index in [2.05, 4.69) is 15.2 Å². The van der Waals surface area contributed by atoms with Gasteiger partial charge in [-0.1, -0.05) is 6.92 Å². The lowest BCUT2D eigenvalue weighted by atomic mass is 10.0. The summed E-state index contributed by atoms with van der Waals surface area (Å²) in [6.45, 7) is 10.6. The first kappa shape index (κ1) is 33.5. The van der Waals surface area contributed by atoms with E-state index in [4.69, 9.17) is 14.0 Å². The Balaban J connectivity index is 1.42. The lowest BCUT2D eigenvalue weighted by molar-refractivity contribution is -0.158. The summed E-state index contributed by atoms with van der Waals surface area (Å²) >= 11 is -2.50. The highest BCUT2D eigenvalue weighted by Gasteiger charge is 2.26. The van der Waals surface area contributed by atoms with Gasteiger partial charge in [-0.2, -0.15) is 0 Å². The Labute approximate surface area is 258 Å². The summed E-state index contributed by atoms with van der Waals surface area (Å²) < 4.78 is 50.5. The van der Waals surface area contributed by atoms with Gasteiger partial charge in [-0.3, -0.25) is 9.00 Å². The average molecular weight is 633 g/mol. The van der Waals surface area contributed by atoms with Crippen LogP contribution in [0.1, 0.15) is 55.7 Å².